The lowest BCUT2D eigenvalue weighted by Gasteiger charge is -1.97. The summed E-state index contributed by atoms with van der Waals surface area (Å²) in [7, 11) is 0. The van der Waals surface area contributed by atoms with E-state index in [9.17, 15) is 14.4 Å². The van der Waals surface area contributed by atoms with Gasteiger partial charge in [0.05, 0.1) is 0 Å². The molecule has 1 aromatic rings. The second-order valence-corrected chi connectivity index (χ2v) is 2.55. The molecular weight excluding hydrogens is 206 g/mol. The Bertz CT molecular complexity index is 407. The zero-order valence-electron chi connectivity index (χ0n) is 7.39. The van der Waals surface area contributed by atoms with Gasteiger partial charge in [0.15, 0.2) is 5.76 Å². The molecule has 7 heteroatoms. The molecule has 1 aromatic heterocycles. The van der Waals surface area contributed by atoms with Crippen LogP contribution in [0, 0.1) is 0 Å². The van der Waals surface area contributed by atoms with Gasteiger partial charge in [-0.2, -0.15) is 0 Å². The number of carbonyl (C=O) groups excluding carboxylic acids is 1. The topological polar surface area (TPSA) is 117 Å². The van der Waals surface area contributed by atoms with Crippen molar-refractivity contribution in [2.75, 3.05) is 6.54 Å². The molecule has 0 unspecified atom stereocenters. The maximum absolute atomic E-state index is 11.1. The molecule has 80 valence electrons. The lowest BCUT2D eigenvalue weighted by Crippen LogP contribution is -2.28. The van der Waals surface area contributed by atoms with Crippen LogP contribution < -0.4 is 5.32 Å². The molecule has 0 spiro atoms. The van der Waals surface area contributed by atoms with Gasteiger partial charge in [-0.1, -0.05) is 0 Å². The first kappa shape index (κ1) is 10.8. The van der Waals surface area contributed by atoms with E-state index in [0.717, 1.165) is 12.1 Å². The number of hydrogen-bond acceptors (Lipinski definition) is 4. The third-order valence-electron chi connectivity index (χ3n) is 1.44. The number of hydrogen-bond donors (Lipinski definition) is 3. The first-order valence-electron chi connectivity index (χ1n) is 3.84. The molecule has 0 bridgehead atoms. The van der Waals surface area contributed by atoms with Crippen molar-refractivity contribution >= 4 is 17.8 Å². The maximum Gasteiger partial charge on any atom is 0.371 e. The van der Waals surface area contributed by atoms with E-state index in [1.165, 1.54) is 0 Å². The van der Waals surface area contributed by atoms with Gasteiger partial charge in [0.2, 0.25) is 5.76 Å². The van der Waals surface area contributed by atoms with Crippen molar-refractivity contribution in [1.29, 1.82) is 0 Å². The number of amides is 1. The van der Waals surface area contributed by atoms with Crippen molar-refractivity contribution < 1.29 is 29.0 Å². The Balaban J connectivity index is 2.66. The van der Waals surface area contributed by atoms with Gasteiger partial charge in [-0.3, -0.25) is 9.59 Å². The van der Waals surface area contributed by atoms with E-state index in [-0.39, 0.29) is 11.5 Å². The molecule has 1 rings (SSSR count). The second kappa shape index (κ2) is 4.27. The zero-order chi connectivity index (χ0) is 11.4. The van der Waals surface area contributed by atoms with Gasteiger partial charge in [-0.25, -0.2) is 4.79 Å². The van der Waals surface area contributed by atoms with Crippen molar-refractivity contribution in [3.8, 4) is 0 Å². The quantitative estimate of drug-likeness (QED) is 0.637. The van der Waals surface area contributed by atoms with Crippen molar-refractivity contribution in [2.24, 2.45) is 0 Å². The molecule has 1 amide bonds. The van der Waals surface area contributed by atoms with Crippen LogP contribution >= 0.6 is 0 Å². The Morgan fingerprint density at radius 3 is 2.27 bits per heavy atom. The third kappa shape index (κ3) is 2.83. The summed E-state index contributed by atoms with van der Waals surface area (Å²) >= 11 is 0. The first-order valence-corrected chi connectivity index (χ1v) is 3.84. The van der Waals surface area contributed by atoms with Gasteiger partial charge in [-0.15, -0.1) is 0 Å². The smallest absolute Gasteiger partial charge is 0.371 e. The van der Waals surface area contributed by atoms with Crippen LogP contribution in [0.2, 0.25) is 0 Å². The number of furan rings is 1. The summed E-state index contributed by atoms with van der Waals surface area (Å²) in [5.41, 5.74) is 0. The first-order chi connectivity index (χ1) is 7.00. The average Bonchev–Trinajstić information content (AvgIpc) is 2.62. The molecule has 0 aliphatic heterocycles. The van der Waals surface area contributed by atoms with E-state index in [2.05, 4.69) is 4.42 Å². The summed E-state index contributed by atoms with van der Waals surface area (Å²) in [5.74, 6) is -3.89. The standard InChI is InChI=1S/C8H7NO6/c10-6(11)3-9-7(12)4-1-2-5(15-4)8(13)14/h1-2H,3H2,(H,9,12)(H,10,11)(H,13,14). The fourth-order valence-electron chi connectivity index (χ4n) is 0.818. The molecule has 15 heavy (non-hydrogen) atoms. The van der Waals surface area contributed by atoms with Crippen LogP contribution in [0.5, 0.6) is 0 Å². The van der Waals surface area contributed by atoms with Crippen LogP contribution in [-0.2, 0) is 4.79 Å². The Kier molecular flexibility index (Phi) is 3.06. The van der Waals surface area contributed by atoms with Crippen LogP contribution in [0.4, 0.5) is 0 Å². The van der Waals surface area contributed by atoms with Crippen LogP contribution in [0.3, 0.4) is 0 Å². The molecule has 0 radical (unpaired) electrons. The Labute approximate surface area is 83.3 Å². The summed E-state index contributed by atoms with van der Waals surface area (Å²) in [6, 6.07) is 2.26. The summed E-state index contributed by atoms with van der Waals surface area (Å²) < 4.78 is 4.63. The minimum atomic E-state index is -1.30. The van der Waals surface area contributed by atoms with Crippen molar-refractivity contribution in [3.63, 3.8) is 0 Å². The Hall–Kier alpha value is -2.31. The average molecular weight is 213 g/mol. The minimum Gasteiger partial charge on any atom is -0.480 e. The Morgan fingerprint density at radius 2 is 1.80 bits per heavy atom. The van der Waals surface area contributed by atoms with Crippen molar-refractivity contribution in [2.45, 2.75) is 0 Å². The largest absolute Gasteiger partial charge is 0.480 e. The van der Waals surface area contributed by atoms with E-state index in [4.69, 9.17) is 10.2 Å². The van der Waals surface area contributed by atoms with E-state index in [0.29, 0.717) is 0 Å². The zero-order valence-corrected chi connectivity index (χ0v) is 7.39. The van der Waals surface area contributed by atoms with Gasteiger partial charge in [-0.05, 0) is 12.1 Å². The summed E-state index contributed by atoms with van der Waals surface area (Å²) in [6.45, 7) is -0.554. The number of carbonyl (C=O) groups is 3. The molecule has 3 N–H and O–H groups in total. The van der Waals surface area contributed by atoms with Crippen LogP contribution in [0.1, 0.15) is 21.1 Å². The molecule has 0 fully saturated rings. The number of nitrogens with one attached hydrogen (secondary N) is 1. The lowest BCUT2D eigenvalue weighted by atomic mass is 10.4. The molecule has 0 atom stereocenters. The van der Waals surface area contributed by atoms with E-state index in [1.54, 1.807) is 0 Å². The summed E-state index contributed by atoms with van der Waals surface area (Å²) in [5, 5.41) is 18.8. The fraction of sp³-hybridized carbons (Fsp3) is 0.125. The van der Waals surface area contributed by atoms with Crippen molar-refractivity contribution in [1.82, 2.24) is 5.32 Å². The highest BCUT2D eigenvalue weighted by molar-refractivity contribution is 5.94. The maximum atomic E-state index is 11.1. The molecule has 0 aromatic carbocycles. The number of carboxylic acid groups (broad SMARTS) is 2. The Morgan fingerprint density at radius 1 is 1.20 bits per heavy atom. The SMILES string of the molecule is O=C(O)CNC(=O)c1ccc(C(=O)O)o1. The molecule has 0 aliphatic carbocycles. The molecule has 0 aliphatic rings. The highest BCUT2D eigenvalue weighted by atomic mass is 16.4. The van der Waals surface area contributed by atoms with Gasteiger partial charge in [0.25, 0.3) is 5.91 Å². The van der Waals surface area contributed by atoms with Crippen LogP contribution in [0.15, 0.2) is 16.5 Å². The number of carboxylic acids is 2. The highest BCUT2D eigenvalue weighted by Gasteiger charge is 2.14. The van der Waals surface area contributed by atoms with Crippen LogP contribution in [-0.4, -0.2) is 34.6 Å². The predicted octanol–water partition coefficient (Wildman–Crippen LogP) is -0.208. The molecule has 0 saturated carbocycles. The fourth-order valence-corrected chi connectivity index (χ4v) is 0.818. The molecular formula is C8H7NO6. The van der Waals surface area contributed by atoms with Gasteiger partial charge in [0.1, 0.15) is 6.54 Å². The van der Waals surface area contributed by atoms with E-state index >= 15 is 0 Å². The van der Waals surface area contributed by atoms with Gasteiger partial charge in [0, 0.05) is 0 Å². The third-order valence-corrected chi connectivity index (χ3v) is 1.44. The molecule has 7 nitrogen and oxygen atoms in total. The van der Waals surface area contributed by atoms with Crippen molar-refractivity contribution in [3.05, 3.63) is 23.7 Å². The number of rotatable bonds is 4. The van der Waals surface area contributed by atoms with E-state index < -0.39 is 24.4 Å². The number of aromatic carboxylic acids is 1. The monoisotopic (exact) mass is 213 g/mol. The molecule has 1 heterocycles. The normalized spacial score (nSPS) is 9.60. The second-order valence-electron chi connectivity index (χ2n) is 2.55. The minimum absolute atomic E-state index is 0.242. The van der Waals surface area contributed by atoms with Gasteiger partial charge < -0.3 is 19.9 Å². The lowest BCUT2D eigenvalue weighted by molar-refractivity contribution is -0.135. The summed E-state index contributed by atoms with van der Waals surface area (Å²) in [6.07, 6.45) is 0. The van der Waals surface area contributed by atoms with Gasteiger partial charge >= 0.3 is 11.9 Å². The summed E-state index contributed by atoms with van der Waals surface area (Å²) in [4.78, 5) is 31.6. The van der Waals surface area contributed by atoms with E-state index in [1.807, 2.05) is 5.32 Å². The predicted molar refractivity (Wildman–Crippen MR) is 45.6 cm³/mol. The molecule has 0 saturated heterocycles. The number of aliphatic carboxylic acids is 1. The van der Waals surface area contributed by atoms with Crippen LogP contribution in [0.25, 0.3) is 0 Å². The highest BCUT2D eigenvalue weighted by Crippen LogP contribution is 2.07.